The van der Waals surface area contributed by atoms with Crippen molar-refractivity contribution in [2.24, 2.45) is 10.9 Å². The van der Waals surface area contributed by atoms with Gasteiger partial charge in [-0.15, -0.1) is 11.3 Å². The third-order valence-electron chi connectivity index (χ3n) is 2.87. The minimum Gasteiger partial charge on any atom is -0.409 e. The van der Waals surface area contributed by atoms with Gasteiger partial charge in [-0.25, -0.2) is 0 Å². The van der Waals surface area contributed by atoms with Crippen LogP contribution in [0.4, 0.5) is 0 Å². The van der Waals surface area contributed by atoms with E-state index in [4.69, 9.17) is 15.7 Å². The summed E-state index contributed by atoms with van der Waals surface area (Å²) in [5, 5.41) is 11.6. The van der Waals surface area contributed by atoms with E-state index in [9.17, 15) is 4.79 Å². The standard InChI is InChI=1S/C11H14BrN3O3S/c1-6-4-8(19-9(6)12)11(16)15-2-3-18-7(5-15)10(13)14-17/h4,7,17H,2-3,5H2,1H3,(H2,13,14). The Hall–Kier alpha value is -1.12. The summed E-state index contributed by atoms with van der Waals surface area (Å²) in [5.41, 5.74) is 6.55. The first kappa shape index (κ1) is 14.3. The summed E-state index contributed by atoms with van der Waals surface area (Å²) >= 11 is 4.81. The largest absolute Gasteiger partial charge is 0.409 e. The van der Waals surface area contributed by atoms with Crippen LogP contribution in [0.25, 0.3) is 0 Å². The molecule has 0 aromatic carbocycles. The molecule has 0 radical (unpaired) electrons. The van der Waals surface area contributed by atoms with E-state index < -0.39 is 6.10 Å². The number of amidine groups is 1. The average molecular weight is 348 g/mol. The van der Waals surface area contributed by atoms with Crippen molar-refractivity contribution >= 4 is 39.0 Å². The number of nitrogens with two attached hydrogens (primary N) is 1. The number of thiophene rings is 1. The van der Waals surface area contributed by atoms with Crippen LogP contribution < -0.4 is 5.73 Å². The molecule has 8 heteroatoms. The number of rotatable bonds is 2. The first-order valence-corrected chi connectivity index (χ1v) is 7.28. The van der Waals surface area contributed by atoms with E-state index in [1.807, 2.05) is 13.0 Å². The molecule has 1 amide bonds. The van der Waals surface area contributed by atoms with Gasteiger partial charge in [0, 0.05) is 6.54 Å². The maximum atomic E-state index is 12.3. The lowest BCUT2D eigenvalue weighted by Gasteiger charge is -2.31. The van der Waals surface area contributed by atoms with Crippen molar-refractivity contribution in [2.75, 3.05) is 19.7 Å². The number of hydrogen-bond acceptors (Lipinski definition) is 5. The molecule has 1 atom stereocenters. The molecule has 0 spiro atoms. The summed E-state index contributed by atoms with van der Waals surface area (Å²) < 4.78 is 6.32. The normalized spacial score (nSPS) is 20.6. The van der Waals surface area contributed by atoms with Crippen LogP contribution in [0.5, 0.6) is 0 Å². The number of carbonyl (C=O) groups excluding carboxylic acids is 1. The van der Waals surface area contributed by atoms with Crippen LogP contribution in [-0.2, 0) is 4.74 Å². The number of hydrogen-bond donors (Lipinski definition) is 2. The molecule has 104 valence electrons. The molecule has 1 aromatic rings. The van der Waals surface area contributed by atoms with Crippen molar-refractivity contribution in [3.05, 3.63) is 20.3 Å². The van der Waals surface area contributed by atoms with Gasteiger partial charge in [0.2, 0.25) is 0 Å². The smallest absolute Gasteiger partial charge is 0.264 e. The molecule has 1 fully saturated rings. The summed E-state index contributed by atoms with van der Waals surface area (Å²) in [6.45, 7) is 3.11. The number of halogens is 1. The van der Waals surface area contributed by atoms with E-state index in [1.165, 1.54) is 11.3 Å². The van der Waals surface area contributed by atoms with Crippen LogP contribution >= 0.6 is 27.3 Å². The van der Waals surface area contributed by atoms with Crippen LogP contribution in [0.2, 0.25) is 0 Å². The zero-order valence-electron chi connectivity index (χ0n) is 10.3. The highest BCUT2D eigenvalue weighted by atomic mass is 79.9. The van der Waals surface area contributed by atoms with E-state index >= 15 is 0 Å². The van der Waals surface area contributed by atoms with Crippen LogP contribution in [-0.4, -0.2) is 47.7 Å². The number of carbonyl (C=O) groups is 1. The molecule has 1 aromatic heterocycles. The van der Waals surface area contributed by atoms with Gasteiger partial charge < -0.3 is 20.6 Å². The molecule has 0 saturated carbocycles. The minimum absolute atomic E-state index is 0.0129. The lowest BCUT2D eigenvalue weighted by molar-refractivity contribution is 0.00699. The van der Waals surface area contributed by atoms with Gasteiger partial charge in [-0.3, -0.25) is 4.79 Å². The number of amides is 1. The van der Waals surface area contributed by atoms with Crippen molar-refractivity contribution in [1.29, 1.82) is 0 Å². The summed E-state index contributed by atoms with van der Waals surface area (Å²) in [6.07, 6.45) is -0.549. The van der Waals surface area contributed by atoms with E-state index in [2.05, 4.69) is 21.1 Å². The zero-order valence-corrected chi connectivity index (χ0v) is 12.7. The third kappa shape index (κ3) is 3.07. The highest BCUT2D eigenvalue weighted by molar-refractivity contribution is 9.11. The number of morpholine rings is 1. The van der Waals surface area contributed by atoms with Gasteiger partial charge in [0.15, 0.2) is 5.84 Å². The average Bonchev–Trinajstić information content (AvgIpc) is 2.77. The van der Waals surface area contributed by atoms with Crippen molar-refractivity contribution in [2.45, 2.75) is 13.0 Å². The Morgan fingerprint density at radius 2 is 2.47 bits per heavy atom. The molecule has 1 aliphatic rings. The van der Waals surface area contributed by atoms with Gasteiger partial charge in [-0.1, -0.05) is 5.16 Å². The van der Waals surface area contributed by atoms with Crippen LogP contribution in [0, 0.1) is 6.92 Å². The Balaban J connectivity index is 2.11. The Labute approximate surface area is 123 Å². The molecule has 1 saturated heterocycles. The molecule has 1 unspecified atom stereocenters. The van der Waals surface area contributed by atoms with Crippen molar-refractivity contribution in [3.63, 3.8) is 0 Å². The highest BCUT2D eigenvalue weighted by Crippen LogP contribution is 2.28. The fraction of sp³-hybridized carbons (Fsp3) is 0.455. The summed E-state index contributed by atoms with van der Waals surface area (Å²) in [6, 6.07) is 1.85. The Morgan fingerprint density at radius 1 is 1.74 bits per heavy atom. The second-order valence-electron chi connectivity index (χ2n) is 4.20. The molecule has 0 aliphatic carbocycles. The number of ether oxygens (including phenoxy) is 1. The van der Waals surface area contributed by atoms with Gasteiger partial charge in [-0.2, -0.15) is 0 Å². The van der Waals surface area contributed by atoms with Gasteiger partial charge in [-0.05, 0) is 34.5 Å². The lowest BCUT2D eigenvalue weighted by atomic mass is 10.2. The fourth-order valence-electron chi connectivity index (χ4n) is 1.80. The second-order valence-corrected chi connectivity index (χ2v) is 6.57. The lowest BCUT2D eigenvalue weighted by Crippen LogP contribution is -2.50. The number of oxime groups is 1. The van der Waals surface area contributed by atoms with E-state index in [-0.39, 0.29) is 11.7 Å². The van der Waals surface area contributed by atoms with E-state index in [1.54, 1.807) is 4.90 Å². The number of aryl methyl sites for hydroxylation is 1. The summed E-state index contributed by atoms with van der Waals surface area (Å²) in [7, 11) is 0. The quantitative estimate of drug-likeness (QED) is 0.366. The van der Waals surface area contributed by atoms with Crippen LogP contribution in [0.3, 0.4) is 0 Å². The summed E-state index contributed by atoms with van der Waals surface area (Å²) in [5.74, 6) is -0.0705. The van der Waals surface area contributed by atoms with Gasteiger partial charge >= 0.3 is 0 Å². The van der Waals surface area contributed by atoms with Crippen LogP contribution in [0.15, 0.2) is 15.0 Å². The molecule has 1 aliphatic heterocycles. The zero-order chi connectivity index (χ0) is 14.0. The Kier molecular flexibility index (Phi) is 4.43. The van der Waals surface area contributed by atoms with Gasteiger partial charge in [0.05, 0.1) is 21.8 Å². The molecular weight excluding hydrogens is 334 g/mol. The molecular formula is C11H14BrN3O3S. The maximum Gasteiger partial charge on any atom is 0.264 e. The van der Waals surface area contributed by atoms with Crippen LogP contribution in [0.1, 0.15) is 15.2 Å². The predicted octanol–water partition coefficient (Wildman–Crippen LogP) is 1.41. The Morgan fingerprint density at radius 3 is 3.05 bits per heavy atom. The predicted molar refractivity (Wildman–Crippen MR) is 75.8 cm³/mol. The van der Waals surface area contributed by atoms with Gasteiger partial charge in [0.25, 0.3) is 5.91 Å². The topological polar surface area (TPSA) is 88.2 Å². The molecule has 0 bridgehead atoms. The van der Waals surface area contributed by atoms with Crippen molar-refractivity contribution in [1.82, 2.24) is 4.90 Å². The van der Waals surface area contributed by atoms with Crippen molar-refractivity contribution < 1.29 is 14.7 Å². The third-order valence-corrected chi connectivity index (χ3v) is 4.99. The van der Waals surface area contributed by atoms with E-state index in [0.717, 1.165) is 9.35 Å². The Bertz CT molecular complexity index is 498. The minimum atomic E-state index is -0.549. The molecule has 2 heterocycles. The molecule has 3 N–H and O–H groups in total. The number of nitrogens with zero attached hydrogens (tertiary/aromatic N) is 2. The monoisotopic (exact) mass is 347 g/mol. The first-order valence-electron chi connectivity index (χ1n) is 5.67. The fourth-order valence-corrected chi connectivity index (χ4v) is 3.30. The summed E-state index contributed by atoms with van der Waals surface area (Å²) in [4.78, 5) is 14.7. The molecule has 6 nitrogen and oxygen atoms in total. The highest BCUT2D eigenvalue weighted by Gasteiger charge is 2.28. The first-order chi connectivity index (χ1) is 9.02. The van der Waals surface area contributed by atoms with E-state index in [0.29, 0.717) is 24.6 Å². The molecule has 2 rings (SSSR count). The molecule has 19 heavy (non-hydrogen) atoms. The second kappa shape index (κ2) is 5.89. The SMILES string of the molecule is Cc1cc(C(=O)N2CCOC(C(N)=NO)C2)sc1Br. The maximum absolute atomic E-state index is 12.3. The van der Waals surface area contributed by atoms with Gasteiger partial charge in [0.1, 0.15) is 6.10 Å². The van der Waals surface area contributed by atoms with Crippen molar-refractivity contribution in [3.8, 4) is 0 Å².